The van der Waals surface area contributed by atoms with Crippen LogP contribution in [0.2, 0.25) is 0 Å². The summed E-state index contributed by atoms with van der Waals surface area (Å²) in [5.41, 5.74) is 5.27. The molecule has 0 bridgehead atoms. The second-order valence-electron chi connectivity index (χ2n) is 7.79. The van der Waals surface area contributed by atoms with Gasteiger partial charge in [0.2, 0.25) is 5.82 Å². The number of hydrogen-bond donors (Lipinski definition) is 2. The summed E-state index contributed by atoms with van der Waals surface area (Å²) in [6, 6.07) is 10.4. The average Bonchev–Trinajstić information content (AvgIpc) is 2.74. The minimum Gasteiger partial charge on any atom is -0.475 e. The number of nitrogens with zero attached hydrogens (tertiary/aromatic N) is 4. The number of nitrogens with one attached hydrogen (secondary N) is 1. The summed E-state index contributed by atoms with van der Waals surface area (Å²) < 4.78 is 31.7. The lowest BCUT2D eigenvalue weighted by Crippen LogP contribution is -2.22. The molecule has 1 aromatic heterocycles. The number of aryl methyl sites for hydroxylation is 3. The highest BCUT2D eigenvalue weighted by Crippen LogP contribution is 2.21. The minimum absolute atomic E-state index is 0.245. The van der Waals surface area contributed by atoms with Crippen molar-refractivity contribution in [3.05, 3.63) is 46.9 Å². The first-order chi connectivity index (χ1) is 15.4. The Morgan fingerprint density at radius 1 is 1.12 bits per heavy atom. The summed E-state index contributed by atoms with van der Waals surface area (Å²) in [5.74, 6) is -2.51. The lowest BCUT2D eigenvalue weighted by atomic mass is 10.0. The lowest BCUT2D eigenvalue weighted by Gasteiger charge is -2.10. The molecule has 180 valence electrons. The lowest BCUT2D eigenvalue weighted by molar-refractivity contribution is -0.192. The fourth-order valence-corrected chi connectivity index (χ4v) is 2.76. The van der Waals surface area contributed by atoms with Crippen molar-refractivity contribution >= 4 is 5.97 Å². The predicted molar refractivity (Wildman–Crippen MR) is 120 cm³/mol. The first-order valence-electron chi connectivity index (χ1n) is 10.4. The van der Waals surface area contributed by atoms with Crippen LogP contribution in [0, 0.1) is 25.2 Å². The van der Waals surface area contributed by atoms with Crippen molar-refractivity contribution in [2.45, 2.75) is 39.3 Å². The van der Waals surface area contributed by atoms with Crippen molar-refractivity contribution in [1.29, 1.82) is 5.26 Å². The second kappa shape index (κ2) is 13.5. The molecular formula is C23H30F3N5O2. The largest absolute Gasteiger partial charge is 0.490 e. The normalized spacial score (nSPS) is 11.0. The molecule has 0 unspecified atom stereocenters. The molecule has 0 aliphatic rings. The van der Waals surface area contributed by atoms with Gasteiger partial charge in [-0.1, -0.05) is 12.1 Å². The predicted octanol–water partition coefficient (Wildman–Crippen LogP) is 3.74. The third-order valence-electron chi connectivity index (χ3n) is 4.67. The van der Waals surface area contributed by atoms with Crippen molar-refractivity contribution in [3.8, 4) is 17.3 Å². The van der Waals surface area contributed by atoms with E-state index in [-0.39, 0.29) is 5.82 Å². The quantitative estimate of drug-likeness (QED) is 0.544. The smallest absolute Gasteiger partial charge is 0.475 e. The van der Waals surface area contributed by atoms with E-state index in [4.69, 9.17) is 9.90 Å². The summed E-state index contributed by atoms with van der Waals surface area (Å²) in [5, 5.41) is 19.8. The summed E-state index contributed by atoms with van der Waals surface area (Å²) in [6.07, 6.45) is -2.10. The maximum Gasteiger partial charge on any atom is 0.490 e. The van der Waals surface area contributed by atoms with Crippen LogP contribution in [0.15, 0.2) is 24.3 Å². The van der Waals surface area contributed by atoms with Crippen molar-refractivity contribution in [2.75, 3.05) is 33.7 Å². The van der Waals surface area contributed by atoms with E-state index in [0.717, 1.165) is 55.8 Å². The molecule has 0 aliphatic heterocycles. The van der Waals surface area contributed by atoms with Crippen LogP contribution < -0.4 is 5.32 Å². The standard InChI is InChI=1S/C21H29N5.C2HF3O2/c1-16-8-9-18(13-17(16)2)20-14-19(24-21(15-22)25-20)7-5-10-23-11-6-12-26(3)4;3-2(4,5)1(6)7/h8-9,13-14,23H,5-7,10-12H2,1-4H3;(H,6,7). The zero-order chi connectivity index (χ0) is 25.0. The number of alkyl halides is 3. The molecule has 0 saturated carbocycles. The summed E-state index contributed by atoms with van der Waals surface area (Å²) >= 11 is 0. The van der Waals surface area contributed by atoms with Gasteiger partial charge in [-0.15, -0.1) is 0 Å². The van der Waals surface area contributed by atoms with Crippen LogP contribution in [0.4, 0.5) is 13.2 Å². The third kappa shape index (κ3) is 10.9. The Balaban J connectivity index is 0.000000675. The van der Waals surface area contributed by atoms with E-state index in [9.17, 15) is 18.4 Å². The average molecular weight is 466 g/mol. The molecule has 0 amide bonds. The summed E-state index contributed by atoms with van der Waals surface area (Å²) in [4.78, 5) is 19.8. The molecule has 0 fully saturated rings. The zero-order valence-electron chi connectivity index (χ0n) is 19.3. The number of carboxylic acid groups (broad SMARTS) is 1. The molecule has 0 aliphatic carbocycles. The molecule has 1 heterocycles. The molecule has 10 heteroatoms. The van der Waals surface area contributed by atoms with Crippen LogP contribution in [0.1, 0.15) is 35.5 Å². The van der Waals surface area contributed by atoms with Crippen LogP contribution in [-0.2, 0) is 11.2 Å². The van der Waals surface area contributed by atoms with Crippen LogP contribution >= 0.6 is 0 Å². The van der Waals surface area contributed by atoms with Gasteiger partial charge in [-0.3, -0.25) is 0 Å². The van der Waals surface area contributed by atoms with Gasteiger partial charge in [-0.05, 0) is 90.1 Å². The maximum atomic E-state index is 10.6. The molecule has 33 heavy (non-hydrogen) atoms. The fourth-order valence-electron chi connectivity index (χ4n) is 2.76. The third-order valence-corrected chi connectivity index (χ3v) is 4.67. The van der Waals surface area contributed by atoms with E-state index < -0.39 is 12.1 Å². The topological polar surface area (TPSA) is 102 Å². The molecule has 2 N–H and O–H groups in total. The van der Waals surface area contributed by atoms with Crippen LogP contribution in [0.3, 0.4) is 0 Å². The van der Waals surface area contributed by atoms with Gasteiger partial charge in [-0.25, -0.2) is 14.8 Å². The highest BCUT2D eigenvalue weighted by atomic mass is 19.4. The van der Waals surface area contributed by atoms with Crippen LogP contribution in [0.25, 0.3) is 11.3 Å². The Labute approximate surface area is 192 Å². The number of benzene rings is 1. The summed E-state index contributed by atoms with van der Waals surface area (Å²) in [6.45, 7) is 7.27. The summed E-state index contributed by atoms with van der Waals surface area (Å²) in [7, 11) is 4.18. The molecule has 0 saturated heterocycles. The van der Waals surface area contributed by atoms with Crippen molar-refractivity contribution in [3.63, 3.8) is 0 Å². The van der Waals surface area contributed by atoms with E-state index in [1.165, 1.54) is 11.1 Å². The van der Waals surface area contributed by atoms with Gasteiger partial charge in [0.15, 0.2) is 0 Å². The SMILES string of the molecule is Cc1ccc(-c2cc(CCCNCCCN(C)C)nc(C#N)n2)cc1C.O=C(O)C(F)(F)F. The maximum absolute atomic E-state index is 10.6. The van der Waals surface area contributed by atoms with E-state index in [1.54, 1.807) is 0 Å². The van der Waals surface area contributed by atoms with Crippen molar-refractivity contribution in [1.82, 2.24) is 20.2 Å². The van der Waals surface area contributed by atoms with Crippen molar-refractivity contribution in [2.24, 2.45) is 0 Å². The Bertz CT molecular complexity index is 956. The number of rotatable bonds is 9. The molecule has 2 aromatic rings. The first-order valence-corrected chi connectivity index (χ1v) is 10.4. The number of halogens is 3. The number of hydrogen-bond acceptors (Lipinski definition) is 6. The fraction of sp³-hybridized carbons (Fsp3) is 0.478. The van der Waals surface area contributed by atoms with Gasteiger partial charge >= 0.3 is 12.1 Å². The van der Waals surface area contributed by atoms with Crippen molar-refractivity contribution < 1.29 is 23.1 Å². The number of carbonyl (C=O) groups is 1. The molecule has 0 atom stereocenters. The highest BCUT2D eigenvalue weighted by Gasteiger charge is 2.38. The number of nitriles is 1. The van der Waals surface area contributed by atoms with Crippen LogP contribution in [-0.4, -0.2) is 65.8 Å². The van der Waals surface area contributed by atoms with Gasteiger partial charge in [0.25, 0.3) is 0 Å². The molecule has 2 rings (SSSR count). The van der Waals surface area contributed by atoms with E-state index in [2.05, 4.69) is 72.4 Å². The Morgan fingerprint density at radius 3 is 2.30 bits per heavy atom. The number of aromatic nitrogens is 2. The second-order valence-corrected chi connectivity index (χ2v) is 7.79. The molecule has 0 spiro atoms. The van der Waals surface area contributed by atoms with Gasteiger partial charge in [0.1, 0.15) is 6.07 Å². The Hall–Kier alpha value is -3.03. The Kier molecular flexibility index (Phi) is 11.5. The Morgan fingerprint density at radius 2 is 1.76 bits per heavy atom. The van der Waals surface area contributed by atoms with E-state index >= 15 is 0 Å². The molecule has 7 nitrogen and oxygen atoms in total. The highest BCUT2D eigenvalue weighted by molar-refractivity contribution is 5.73. The van der Waals surface area contributed by atoms with Gasteiger partial charge < -0.3 is 15.3 Å². The first kappa shape index (κ1) is 28.0. The zero-order valence-corrected chi connectivity index (χ0v) is 19.3. The molecule has 0 radical (unpaired) electrons. The minimum atomic E-state index is -5.08. The monoisotopic (exact) mass is 465 g/mol. The van der Waals surface area contributed by atoms with Gasteiger partial charge in [-0.2, -0.15) is 18.4 Å². The molecule has 1 aromatic carbocycles. The van der Waals surface area contributed by atoms with E-state index in [1.807, 2.05) is 6.07 Å². The number of aliphatic carboxylic acids is 1. The number of carboxylic acids is 1. The van der Waals surface area contributed by atoms with Gasteiger partial charge in [0.05, 0.1) is 5.69 Å². The molecular weight excluding hydrogens is 435 g/mol. The van der Waals surface area contributed by atoms with E-state index in [0.29, 0.717) is 0 Å². The van der Waals surface area contributed by atoms with Gasteiger partial charge in [0, 0.05) is 11.3 Å². The van der Waals surface area contributed by atoms with Crippen LogP contribution in [0.5, 0.6) is 0 Å².